The van der Waals surface area contributed by atoms with E-state index < -0.39 is 0 Å². The number of aromatic hydroxyl groups is 1. The Labute approximate surface area is 171 Å². The van der Waals surface area contributed by atoms with E-state index in [1.54, 1.807) is 54.6 Å². The molecule has 6 nitrogen and oxygen atoms in total. The van der Waals surface area contributed by atoms with Gasteiger partial charge in [-0.25, -0.2) is 0 Å². The minimum atomic E-state index is -0.383. The number of carbonyl (C=O) groups is 2. The molecule has 0 aliphatic carbocycles. The summed E-state index contributed by atoms with van der Waals surface area (Å²) in [6.45, 7) is 0.0602. The smallest absolute Gasteiger partial charge is 0.293 e. The van der Waals surface area contributed by atoms with Crippen molar-refractivity contribution in [3.63, 3.8) is 0 Å². The van der Waals surface area contributed by atoms with Crippen molar-refractivity contribution in [3.8, 4) is 17.5 Å². The molecule has 0 unspecified atom stereocenters. The summed E-state index contributed by atoms with van der Waals surface area (Å²) in [6.07, 6.45) is 3.51. The summed E-state index contributed by atoms with van der Waals surface area (Å²) in [7, 11) is 0. The summed E-state index contributed by atoms with van der Waals surface area (Å²) in [6, 6.07) is 19.4. The van der Waals surface area contributed by atoms with Gasteiger partial charge in [-0.1, -0.05) is 18.2 Å². The molecule has 142 valence electrons. The van der Waals surface area contributed by atoms with Gasteiger partial charge in [0.25, 0.3) is 11.1 Å². The number of imide groups is 1. The molecule has 2 amide bonds. The number of carbonyl (C=O) groups excluding carboxylic acids is 2. The van der Waals surface area contributed by atoms with Crippen LogP contribution in [0.2, 0.25) is 0 Å². The molecular weight excluding hydrogens is 386 g/mol. The molecule has 1 saturated heterocycles. The Hall–Kier alpha value is -3.76. The van der Waals surface area contributed by atoms with E-state index in [1.807, 2.05) is 22.9 Å². The lowest BCUT2D eigenvalue weighted by atomic mass is 10.1. The number of hydrogen-bond acceptors (Lipinski definition) is 5. The summed E-state index contributed by atoms with van der Waals surface area (Å²) < 4.78 is 1.86. The van der Waals surface area contributed by atoms with Crippen molar-refractivity contribution >= 4 is 29.0 Å². The summed E-state index contributed by atoms with van der Waals surface area (Å²) >= 11 is 0.881. The number of rotatable bonds is 4. The molecule has 1 aromatic heterocycles. The highest BCUT2D eigenvalue weighted by molar-refractivity contribution is 8.18. The van der Waals surface area contributed by atoms with Gasteiger partial charge >= 0.3 is 0 Å². The van der Waals surface area contributed by atoms with Gasteiger partial charge in [-0.2, -0.15) is 5.26 Å². The van der Waals surface area contributed by atoms with E-state index in [1.165, 1.54) is 0 Å². The van der Waals surface area contributed by atoms with Crippen molar-refractivity contribution in [2.45, 2.75) is 6.54 Å². The fraction of sp³-hybridized carbons (Fsp3) is 0.0455. The zero-order chi connectivity index (χ0) is 20.4. The molecule has 4 rings (SSSR count). The summed E-state index contributed by atoms with van der Waals surface area (Å²) in [5, 5.41) is 18.3. The number of benzene rings is 2. The van der Waals surface area contributed by atoms with Crippen LogP contribution in [0.5, 0.6) is 5.75 Å². The van der Waals surface area contributed by atoms with Crippen LogP contribution in [0.3, 0.4) is 0 Å². The number of thioether (sulfide) groups is 1. The normalized spacial score (nSPS) is 15.1. The lowest BCUT2D eigenvalue weighted by molar-refractivity contribution is -0.123. The third kappa shape index (κ3) is 3.66. The van der Waals surface area contributed by atoms with Crippen LogP contribution < -0.4 is 0 Å². The fourth-order valence-corrected chi connectivity index (χ4v) is 3.89. The van der Waals surface area contributed by atoms with E-state index in [0.717, 1.165) is 28.0 Å². The van der Waals surface area contributed by atoms with Crippen LogP contribution in [-0.4, -0.2) is 25.7 Å². The molecule has 2 heterocycles. The molecular formula is C22H15N3O3S. The van der Waals surface area contributed by atoms with Gasteiger partial charge in [0.05, 0.1) is 23.1 Å². The first kappa shape index (κ1) is 18.6. The Bertz CT molecular complexity index is 1170. The standard InChI is InChI=1S/C22H15N3O3S/c23-13-15-4-1-2-5-16(15)14-25-21(27)20(29-22(25)28)12-18-6-3-11-24(18)17-7-9-19(26)10-8-17/h1-12,26H,14H2. The van der Waals surface area contributed by atoms with Crippen LogP contribution in [0.15, 0.2) is 71.8 Å². The third-order valence-electron chi connectivity index (χ3n) is 4.53. The molecule has 1 fully saturated rings. The van der Waals surface area contributed by atoms with Gasteiger partial charge in [0.15, 0.2) is 0 Å². The third-order valence-corrected chi connectivity index (χ3v) is 5.43. The molecule has 29 heavy (non-hydrogen) atoms. The van der Waals surface area contributed by atoms with E-state index in [2.05, 4.69) is 6.07 Å². The van der Waals surface area contributed by atoms with E-state index in [0.29, 0.717) is 16.0 Å². The van der Waals surface area contributed by atoms with Gasteiger partial charge in [0, 0.05) is 17.6 Å². The predicted octanol–water partition coefficient (Wildman–Crippen LogP) is 4.29. The highest BCUT2D eigenvalue weighted by atomic mass is 32.2. The Balaban J connectivity index is 1.61. The number of nitriles is 1. The van der Waals surface area contributed by atoms with Crippen LogP contribution in [0, 0.1) is 11.3 Å². The van der Waals surface area contributed by atoms with E-state index in [-0.39, 0.29) is 23.4 Å². The second-order valence-corrected chi connectivity index (χ2v) is 7.35. The zero-order valence-corrected chi connectivity index (χ0v) is 16.0. The molecule has 0 spiro atoms. The van der Waals surface area contributed by atoms with Crippen LogP contribution in [-0.2, 0) is 11.3 Å². The highest BCUT2D eigenvalue weighted by Gasteiger charge is 2.35. The predicted molar refractivity (Wildman–Crippen MR) is 110 cm³/mol. The van der Waals surface area contributed by atoms with Crippen LogP contribution in [0.4, 0.5) is 4.79 Å². The number of phenolic OH excluding ortho intramolecular Hbond substituents is 1. The average molecular weight is 401 g/mol. The Morgan fingerprint density at radius 3 is 2.55 bits per heavy atom. The molecule has 1 aliphatic rings. The van der Waals surface area contributed by atoms with Gasteiger partial charge in [-0.15, -0.1) is 0 Å². The summed E-state index contributed by atoms with van der Waals surface area (Å²) in [5.74, 6) is -0.215. The Morgan fingerprint density at radius 2 is 1.79 bits per heavy atom. The number of hydrogen-bond donors (Lipinski definition) is 1. The van der Waals surface area contributed by atoms with Crippen molar-refractivity contribution in [3.05, 3.63) is 88.6 Å². The lowest BCUT2D eigenvalue weighted by Gasteiger charge is -2.13. The fourth-order valence-electron chi connectivity index (χ4n) is 3.07. The van der Waals surface area contributed by atoms with Gasteiger partial charge in [-0.05, 0) is 65.9 Å². The van der Waals surface area contributed by atoms with E-state index in [9.17, 15) is 20.0 Å². The maximum Gasteiger partial charge on any atom is 0.293 e. The average Bonchev–Trinajstić information content (AvgIpc) is 3.29. The monoisotopic (exact) mass is 401 g/mol. The Morgan fingerprint density at radius 1 is 1.03 bits per heavy atom. The molecule has 1 N–H and O–H groups in total. The minimum absolute atomic E-state index is 0.0602. The number of aromatic nitrogens is 1. The van der Waals surface area contributed by atoms with Crippen LogP contribution >= 0.6 is 11.8 Å². The van der Waals surface area contributed by atoms with Crippen molar-refractivity contribution in [1.29, 1.82) is 5.26 Å². The first-order chi connectivity index (χ1) is 14.1. The second-order valence-electron chi connectivity index (χ2n) is 6.36. The summed E-state index contributed by atoms with van der Waals surface area (Å²) in [5.41, 5.74) is 2.63. The lowest BCUT2D eigenvalue weighted by Crippen LogP contribution is -2.27. The van der Waals surface area contributed by atoms with Crippen molar-refractivity contribution < 1.29 is 14.7 Å². The maximum absolute atomic E-state index is 12.8. The largest absolute Gasteiger partial charge is 0.508 e. The van der Waals surface area contributed by atoms with Crippen LogP contribution in [0.1, 0.15) is 16.8 Å². The molecule has 0 atom stereocenters. The molecule has 0 bridgehead atoms. The zero-order valence-electron chi connectivity index (χ0n) is 15.1. The second kappa shape index (κ2) is 7.70. The van der Waals surface area contributed by atoms with Gasteiger partial charge in [0.1, 0.15) is 5.75 Å². The van der Waals surface area contributed by atoms with Gasteiger partial charge in [0.2, 0.25) is 0 Å². The molecule has 0 radical (unpaired) electrons. The quantitative estimate of drug-likeness (QED) is 0.659. The van der Waals surface area contributed by atoms with Crippen molar-refractivity contribution in [2.24, 2.45) is 0 Å². The highest BCUT2D eigenvalue weighted by Crippen LogP contribution is 2.34. The topological polar surface area (TPSA) is 86.3 Å². The molecule has 2 aromatic carbocycles. The summed E-state index contributed by atoms with van der Waals surface area (Å²) in [4.78, 5) is 26.7. The van der Waals surface area contributed by atoms with E-state index >= 15 is 0 Å². The molecule has 1 aliphatic heterocycles. The minimum Gasteiger partial charge on any atom is -0.508 e. The maximum atomic E-state index is 12.8. The molecule has 7 heteroatoms. The first-order valence-corrected chi connectivity index (χ1v) is 9.58. The van der Waals surface area contributed by atoms with E-state index in [4.69, 9.17) is 0 Å². The number of amides is 2. The first-order valence-electron chi connectivity index (χ1n) is 8.77. The van der Waals surface area contributed by atoms with Gasteiger partial charge in [-0.3, -0.25) is 14.5 Å². The number of nitrogens with zero attached hydrogens (tertiary/aromatic N) is 3. The van der Waals surface area contributed by atoms with Crippen molar-refractivity contribution in [1.82, 2.24) is 9.47 Å². The van der Waals surface area contributed by atoms with Crippen molar-refractivity contribution in [2.75, 3.05) is 0 Å². The molecule has 0 saturated carbocycles. The van der Waals surface area contributed by atoms with Crippen LogP contribution in [0.25, 0.3) is 11.8 Å². The Kier molecular flexibility index (Phi) is 4.94. The number of phenols is 1. The SMILES string of the molecule is N#Cc1ccccc1CN1C(=O)SC(=Cc2cccn2-c2ccc(O)cc2)C1=O. The molecule has 3 aromatic rings. The van der Waals surface area contributed by atoms with Gasteiger partial charge < -0.3 is 9.67 Å².